The molecule has 1 aromatic rings. The number of amides is 1. The van der Waals surface area contributed by atoms with Crippen LogP contribution in [-0.2, 0) is 20.9 Å². The van der Waals surface area contributed by atoms with E-state index in [-0.39, 0.29) is 30.8 Å². The van der Waals surface area contributed by atoms with Crippen molar-refractivity contribution >= 4 is 12.1 Å². The minimum absolute atomic E-state index is 0.186. The van der Waals surface area contributed by atoms with Crippen molar-refractivity contribution in [2.24, 2.45) is 0 Å². The lowest BCUT2D eigenvalue weighted by molar-refractivity contribution is -0.147. The molecule has 1 aromatic carbocycles. The Morgan fingerprint density at radius 1 is 1.23 bits per heavy atom. The second-order valence-corrected chi connectivity index (χ2v) is 8.15. The van der Waals surface area contributed by atoms with Crippen molar-refractivity contribution in [3.05, 3.63) is 35.9 Å². The highest BCUT2D eigenvalue weighted by atomic mass is 16.6. The maximum Gasteiger partial charge on any atom is 0.410 e. The molecule has 0 aromatic heterocycles. The van der Waals surface area contributed by atoms with Gasteiger partial charge < -0.3 is 14.4 Å². The Balaban J connectivity index is 1.83. The Morgan fingerprint density at radius 2 is 1.88 bits per heavy atom. The molecule has 26 heavy (non-hydrogen) atoms. The second-order valence-electron chi connectivity index (χ2n) is 8.15. The number of hydrogen-bond acceptors (Lipinski definition) is 5. The van der Waals surface area contributed by atoms with Gasteiger partial charge in [0.2, 0.25) is 0 Å². The summed E-state index contributed by atoms with van der Waals surface area (Å²) in [5, 5.41) is 0. The fourth-order valence-corrected chi connectivity index (χ4v) is 2.91. The molecule has 1 heterocycles. The average Bonchev–Trinajstić information content (AvgIpc) is 2.96. The fraction of sp³-hybridized carbons (Fsp3) is 0.600. The molecule has 1 unspecified atom stereocenters. The van der Waals surface area contributed by atoms with Crippen molar-refractivity contribution in [2.75, 3.05) is 26.7 Å². The first-order chi connectivity index (χ1) is 12.1. The molecule has 1 aliphatic heterocycles. The monoisotopic (exact) mass is 362 g/mol. The molecule has 6 nitrogen and oxygen atoms in total. The van der Waals surface area contributed by atoms with Crippen molar-refractivity contribution in [3.63, 3.8) is 0 Å². The topological polar surface area (TPSA) is 59.1 Å². The van der Waals surface area contributed by atoms with E-state index in [1.807, 2.05) is 63.1 Å². The highest BCUT2D eigenvalue weighted by molar-refractivity contribution is 5.72. The molecule has 0 spiro atoms. The lowest BCUT2D eigenvalue weighted by atomic mass is 10.00. The van der Waals surface area contributed by atoms with Gasteiger partial charge in [0.15, 0.2) is 0 Å². The van der Waals surface area contributed by atoms with Crippen LogP contribution in [0.1, 0.15) is 39.7 Å². The number of likely N-dealkylation sites (tertiary alicyclic amines) is 1. The smallest absolute Gasteiger partial charge is 0.410 e. The Labute approximate surface area is 156 Å². The van der Waals surface area contributed by atoms with E-state index in [4.69, 9.17) is 9.47 Å². The fourth-order valence-electron chi connectivity index (χ4n) is 2.91. The van der Waals surface area contributed by atoms with E-state index in [0.717, 1.165) is 12.0 Å². The number of carbonyl (C=O) groups excluding carboxylic acids is 2. The number of carbonyl (C=O) groups is 2. The number of esters is 1. The van der Waals surface area contributed by atoms with Crippen LogP contribution in [0.15, 0.2) is 30.3 Å². The zero-order valence-corrected chi connectivity index (χ0v) is 16.4. The van der Waals surface area contributed by atoms with Gasteiger partial charge >= 0.3 is 12.1 Å². The minimum atomic E-state index is -0.511. The molecule has 1 atom stereocenters. The van der Waals surface area contributed by atoms with Gasteiger partial charge in [-0.3, -0.25) is 9.69 Å². The van der Waals surface area contributed by atoms with Crippen LogP contribution in [-0.4, -0.2) is 59.7 Å². The van der Waals surface area contributed by atoms with Gasteiger partial charge in [-0.25, -0.2) is 4.79 Å². The second kappa shape index (κ2) is 8.08. The van der Waals surface area contributed by atoms with Gasteiger partial charge in [0.05, 0.1) is 6.54 Å². The summed E-state index contributed by atoms with van der Waals surface area (Å²) in [5.74, 6) is -0.270. The Morgan fingerprint density at radius 3 is 2.50 bits per heavy atom. The summed E-state index contributed by atoms with van der Waals surface area (Å²) in [4.78, 5) is 28.1. The molecular weight excluding hydrogens is 332 g/mol. The van der Waals surface area contributed by atoms with Crippen LogP contribution in [0.2, 0.25) is 0 Å². The zero-order chi connectivity index (χ0) is 19.4. The first-order valence-corrected chi connectivity index (χ1v) is 8.98. The summed E-state index contributed by atoms with van der Waals surface area (Å²) in [5.41, 5.74) is 0.179. The van der Waals surface area contributed by atoms with Crippen LogP contribution in [0.25, 0.3) is 0 Å². The van der Waals surface area contributed by atoms with E-state index < -0.39 is 5.60 Å². The van der Waals surface area contributed by atoms with Gasteiger partial charge in [0, 0.05) is 18.6 Å². The number of nitrogens with zero attached hydrogens (tertiary/aromatic N) is 2. The third kappa shape index (κ3) is 5.73. The number of likely N-dealkylation sites (N-methyl/N-ethyl adjacent to an activating group) is 1. The number of benzene rings is 1. The number of hydrogen-bond donors (Lipinski definition) is 0. The quantitative estimate of drug-likeness (QED) is 0.754. The van der Waals surface area contributed by atoms with Gasteiger partial charge in [0.1, 0.15) is 12.2 Å². The van der Waals surface area contributed by atoms with E-state index in [1.54, 1.807) is 4.90 Å². The summed E-state index contributed by atoms with van der Waals surface area (Å²) >= 11 is 0. The molecule has 1 fully saturated rings. The van der Waals surface area contributed by atoms with Crippen molar-refractivity contribution < 1.29 is 19.1 Å². The highest BCUT2D eigenvalue weighted by Crippen LogP contribution is 2.27. The average molecular weight is 362 g/mol. The predicted octanol–water partition coefficient (Wildman–Crippen LogP) is 3.06. The van der Waals surface area contributed by atoms with E-state index >= 15 is 0 Å². The molecule has 0 radical (unpaired) electrons. The normalized spacial score (nSPS) is 20.3. The standard InChI is InChI=1S/C20H30N2O4/c1-19(2,3)26-18(24)22-12-11-20(4,15-22)21(5)13-17(23)25-14-16-9-7-6-8-10-16/h6-10H,11-15H2,1-5H3. The van der Waals surface area contributed by atoms with Crippen LogP contribution in [0, 0.1) is 0 Å². The molecule has 2 rings (SSSR count). The van der Waals surface area contributed by atoms with Crippen LogP contribution in [0.3, 0.4) is 0 Å². The van der Waals surface area contributed by atoms with E-state index in [2.05, 4.69) is 6.92 Å². The number of ether oxygens (including phenoxy) is 2. The highest BCUT2D eigenvalue weighted by Gasteiger charge is 2.41. The van der Waals surface area contributed by atoms with E-state index in [9.17, 15) is 9.59 Å². The summed E-state index contributed by atoms with van der Waals surface area (Å²) in [6.07, 6.45) is 0.482. The first-order valence-electron chi connectivity index (χ1n) is 8.98. The third-order valence-electron chi connectivity index (χ3n) is 4.63. The summed E-state index contributed by atoms with van der Waals surface area (Å²) in [6.45, 7) is 9.24. The Hall–Kier alpha value is -2.08. The van der Waals surface area contributed by atoms with Crippen molar-refractivity contribution in [3.8, 4) is 0 Å². The molecule has 1 aliphatic rings. The Bertz CT molecular complexity index is 626. The molecule has 0 N–H and O–H groups in total. The van der Waals surface area contributed by atoms with Crippen LogP contribution >= 0.6 is 0 Å². The van der Waals surface area contributed by atoms with Crippen molar-refractivity contribution in [1.29, 1.82) is 0 Å². The van der Waals surface area contributed by atoms with Gasteiger partial charge in [0.25, 0.3) is 0 Å². The van der Waals surface area contributed by atoms with Gasteiger partial charge in [-0.05, 0) is 46.7 Å². The van der Waals surface area contributed by atoms with E-state index in [1.165, 1.54) is 0 Å². The maximum atomic E-state index is 12.2. The summed E-state index contributed by atoms with van der Waals surface area (Å²) in [7, 11) is 1.89. The molecule has 1 amide bonds. The largest absolute Gasteiger partial charge is 0.460 e. The molecular formula is C20H30N2O4. The molecule has 6 heteroatoms. The minimum Gasteiger partial charge on any atom is -0.460 e. The third-order valence-corrected chi connectivity index (χ3v) is 4.63. The lowest BCUT2D eigenvalue weighted by Gasteiger charge is -2.34. The van der Waals surface area contributed by atoms with Gasteiger partial charge in [-0.15, -0.1) is 0 Å². The first kappa shape index (κ1) is 20.2. The van der Waals surface area contributed by atoms with Gasteiger partial charge in [-0.2, -0.15) is 0 Å². The van der Waals surface area contributed by atoms with Gasteiger partial charge in [-0.1, -0.05) is 30.3 Å². The summed E-state index contributed by atoms with van der Waals surface area (Å²) < 4.78 is 10.8. The maximum absolute atomic E-state index is 12.2. The van der Waals surface area contributed by atoms with Crippen LogP contribution in [0.4, 0.5) is 4.79 Å². The van der Waals surface area contributed by atoms with Crippen molar-refractivity contribution in [2.45, 2.75) is 51.9 Å². The molecule has 0 aliphatic carbocycles. The van der Waals surface area contributed by atoms with Crippen molar-refractivity contribution in [1.82, 2.24) is 9.80 Å². The zero-order valence-electron chi connectivity index (χ0n) is 16.4. The Kier molecular flexibility index (Phi) is 6.29. The van der Waals surface area contributed by atoms with E-state index in [0.29, 0.717) is 13.1 Å². The molecule has 1 saturated heterocycles. The molecule has 0 saturated carbocycles. The summed E-state index contributed by atoms with van der Waals surface area (Å²) in [6, 6.07) is 9.61. The van der Waals surface area contributed by atoms with Crippen LogP contribution in [0.5, 0.6) is 0 Å². The number of rotatable bonds is 5. The predicted molar refractivity (Wildman–Crippen MR) is 99.7 cm³/mol. The van der Waals surface area contributed by atoms with Crippen LogP contribution < -0.4 is 0 Å². The SMILES string of the molecule is CN(CC(=O)OCc1ccccc1)C1(C)CCN(C(=O)OC(C)(C)C)C1. The lowest BCUT2D eigenvalue weighted by Crippen LogP contribution is -2.49. The molecule has 0 bridgehead atoms. The molecule has 144 valence electrons.